The van der Waals surface area contributed by atoms with E-state index in [4.69, 9.17) is 5.73 Å². The minimum Gasteiger partial charge on any atom is -0.381 e. The highest BCUT2D eigenvalue weighted by molar-refractivity contribution is 9.10. The van der Waals surface area contributed by atoms with Crippen LogP contribution in [0, 0.1) is 5.82 Å². The van der Waals surface area contributed by atoms with Crippen molar-refractivity contribution in [1.29, 1.82) is 0 Å². The third kappa shape index (κ3) is 2.60. The molecule has 0 atom stereocenters. The lowest BCUT2D eigenvalue weighted by Crippen LogP contribution is -2.08. The fourth-order valence-corrected chi connectivity index (χ4v) is 3.08. The molecule has 124 valence electrons. The second kappa shape index (κ2) is 5.82. The van der Waals surface area contributed by atoms with E-state index in [1.165, 1.54) is 12.1 Å². The van der Waals surface area contributed by atoms with Crippen LogP contribution >= 0.6 is 15.9 Å². The molecular formula is C17H11BrFN5O. The number of aromatic amines is 1. The van der Waals surface area contributed by atoms with Gasteiger partial charge in [0.15, 0.2) is 11.5 Å². The van der Waals surface area contributed by atoms with Crippen LogP contribution in [-0.2, 0) is 0 Å². The molecule has 8 heteroatoms. The number of benzene rings is 1. The van der Waals surface area contributed by atoms with Crippen LogP contribution in [-0.4, -0.2) is 19.4 Å². The van der Waals surface area contributed by atoms with E-state index in [-0.39, 0.29) is 17.2 Å². The first kappa shape index (κ1) is 15.5. The van der Waals surface area contributed by atoms with Crippen molar-refractivity contribution >= 4 is 27.4 Å². The molecule has 0 fully saturated rings. The second-order valence-corrected chi connectivity index (χ2v) is 6.25. The number of nitrogen functional groups attached to an aromatic ring is 1. The molecule has 0 aliphatic carbocycles. The summed E-state index contributed by atoms with van der Waals surface area (Å²) in [6.45, 7) is 0. The predicted octanol–water partition coefficient (Wildman–Crippen LogP) is 3.24. The quantitative estimate of drug-likeness (QED) is 0.541. The largest absolute Gasteiger partial charge is 0.381 e. The summed E-state index contributed by atoms with van der Waals surface area (Å²) < 4.78 is 15.9. The van der Waals surface area contributed by atoms with Gasteiger partial charge in [0, 0.05) is 29.7 Å². The van der Waals surface area contributed by atoms with E-state index < -0.39 is 0 Å². The van der Waals surface area contributed by atoms with Gasteiger partial charge in [0.05, 0.1) is 15.9 Å². The number of H-pyrrole nitrogens is 1. The van der Waals surface area contributed by atoms with Crippen LogP contribution in [0.2, 0.25) is 0 Å². The van der Waals surface area contributed by atoms with Crippen LogP contribution in [0.4, 0.5) is 10.2 Å². The number of nitrogens with two attached hydrogens (primary N) is 1. The Morgan fingerprint density at radius 3 is 2.84 bits per heavy atom. The normalized spacial score (nSPS) is 11.1. The maximum atomic E-state index is 13.7. The van der Waals surface area contributed by atoms with Crippen molar-refractivity contribution in [1.82, 2.24) is 19.4 Å². The Kier molecular flexibility index (Phi) is 3.61. The van der Waals surface area contributed by atoms with Gasteiger partial charge in [0.1, 0.15) is 5.82 Å². The topological polar surface area (TPSA) is 89.1 Å². The average molecular weight is 400 g/mol. The van der Waals surface area contributed by atoms with Crippen molar-refractivity contribution in [3.8, 4) is 22.5 Å². The Morgan fingerprint density at radius 2 is 2.08 bits per heavy atom. The summed E-state index contributed by atoms with van der Waals surface area (Å²) in [4.78, 5) is 23.0. The van der Waals surface area contributed by atoms with Crippen LogP contribution in [0.3, 0.4) is 0 Å². The Morgan fingerprint density at radius 1 is 1.24 bits per heavy atom. The van der Waals surface area contributed by atoms with E-state index in [0.717, 1.165) is 0 Å². The Bertz CT molecular complexity index is 1170. The molecule has 4 aromatic rings. The van der Waals surface area contributed by atoms with Crippen LogP contribution in [0.15, 0.2) is 58.2 Å². The highest BCUT2D eigenvalue weighted by Crippen LogP contribution is 2.33. The lowest BCUT2D eigenvalue weighted by atomic mass is 10.0. The molecule has 1 aromatic carbocycles. The van der Waals surface area contributed by atoms with Gasteiger partial charge < -0.3 is 10.7 Å². The molecule has 0 spiro atoms. The molecular weight excluding hydrogens is 389 g/mol. The summed E-state index contributed by atoms with van der Waals surface area (Å²) in [5.41, 5.74) is 8.64. The van der Waals surface area contributed by atoms with Crippen LogP contribution < -0.4 is 11.3 Å². The van der Waals surface area contributed by atoms with Crippen molar-refractivity contribution in [2.45, 2.75) is 0 Å². The molecule has 25 heavy (non-hydrogen) atoms. The van der Waals surface area contributed by atoms with Crippen molar-refractivity contribution in [3.05, 3.63) is 69.6 Å². The molecule has 6 nitrogen and oxygen atoms in total. The summed E-state index contributed by atoms with van der Waals surface area (Å²) in [5.74, 6) is -0.145. The number of nitrogens with zero attached hydrogens (tertiary/aromatic N) is 3. The van der Waals surface area contributed by atoms with E-state index in [0.29, 0.717) is 32.6 Å². The lowest BCUT2D eigenvalue weighted by Gasteiger charge is -2.13. The van der Waals surface area contributed by atoms with Gasteiger partial charge in [-0.2, -0.15) is 0 Å². The number of anilines is 1. The zero-order valence-electron chi connectivity index (χ0n) is 12.7. The lowest BCUT2D eigenvalue weighted by molar-refractivity contribution is 0.628. The smallest absolute Gasteiger partial charge is 0.262 e. The average Bonchev–Trinajstić information content (AvgIpc) is 3.07. The zero-order chi connectivity index (χ0) is 17.6. The molecule has 0 aliphatic rings. The summed E-state index contributed by atoms with van der Waals surface area (Å²) in [6, 6.07) is 7.77. The van der Waals surface area contributed by atoms with Crippen molar-refractivity contribution in [2.75, 3.05) is 5.73 Å². The van der Waals surface area contributed by atoms with Gasteiger partial charge in [-0.25, -0.2) is 14.4 Å². The second-order valence-electron chi connectivity index (χ2n) is 5.39. The number of pyridine rings is 1. The third-order valence-corrected chi connectivity index (χ3v) is 4.39. The highest BCUT2D eigenvalue weighted by atomic mass is 79.9. The highest BCUT2D eigenvalue weighted by Gasteiger charge is 2.18. The van der Waals surface area contributed by atoms with E-state index in [2.05, 4.69) is 30.9 Å². The van der Waals surface area contributed by atoms with E-state index in [9.17, 15) is 9.18 Å². The molecule has 0 unspecified atom stereocenters. The molecule has 0 radical (unpaired) electrons. The van der Waals surface area contributed by atoms with E-state index in [1.807, 2.05) is 0 Å². The first-order valence-electron chi connectivity index (χ1n) is 7.31. The first-order chi connectivity index (χ1) is 12.0. The maximum absolute atomic E-state index is 13.7. The Labute approximate surface area is 149 Å². The SMILES string of the molecule is Nc1nc(-c2cccc(F)c2)c(-c2c[nH]c(=O)c(Br)c2)n2ccnc12. The Balaban J connectivity index is 2.11. The third-order valence-electron chi connectivity index (χ3n) is 3.80. The molecule has 3 heterocycles. The summed E-state index contributed by atoms with van der Waals surface area (Å²) in [6.07, 6.45) is 4.92. The fourth-order valence-electron chi connectivity index (χ4n) is 2.72. The first-order valence-corrected chi connectivity index (χ1v) is 8.11. The minimum atomic E-state index is -0.378. The van der Waals surface area contributed by atoms with Gasteiger partial charge in [-0.1, -0.05) is 12.1 Å². The van der Waals surface area contributed by atoms with Crippen molar-refractivity contribution in [2.24, 2.45) is 0 Å². The molecule has 3 aromatic heterocycles. The molecule has 0 aliphatic heterocycles. The summed E-state index contributed by atoms with van der Waals surface area (Å²) >= 11 is 3.23. The van der Waals surface area contributed by atoms with E-state index >= 15 is 0 Å². The minimum absolute atomic E-state index is 0.233. The monoisotopic (exact) mass is 399 g/mol. The van der Waals surface area contributed by atoms with Crippen LogP contribution in [0.5, 0.6) is 0 Å². The van der Waals surface area contributed by atoms with Crippen molar-refractivity contribution < 1.29 is 4.39 Å². The van der Waals surface area contributed by atoms with Gasteiger partial charge in [0.25, 0.3) is 5.56 Å². The number of halogens is 2. The molecule has 4 rings (SSSR count). The van der Waals surface area contributed by atoms with Gasteiger partial charge in [-0.05, 0) is 34.1 Å². The number of hydrogen-bond donors (Lipinski definition) is 2. The summed E-state index contributed by atoms with van der Waals surface area (Å²) in [7, 11) is 0. The van der Waals surface area contributed by atoms with Gasteiger partial charge in [-0.15, -0.1) is 0 Å². The number of nitrogens with one attached hydrogen (secondary N) is 1. The van der Waals surface area contributed by atoms with Crippen LogP contribution in [0.25, 0.3) is 28.2 Å². The molecule has 0 saturated carbocycles. The van der Waals surface area contributed by atoms with Gasteiger partial charge in [0.2, 0.25) is 0 Å². The predicted molar refractivity (Wildman–Crippen MR) is 96.6 cm³/mol. The number of aromatic nitrogens is 4. The Hall–Kier alpha value is -3.00. The van der Waals surface area contributed by atoms with Crippen LogP contribution in [0.1, 0.15) is 0 Å². The van der Waals surface area contributed by atoms with Crippen molar-refractivity contribution in [3.63, 3.8) is 0 Å². The van der Waals surface area contributed by atoms with Gasteiger partial charge >= 0.3 is 0 Å². The fraction of sp³-hybridized carbons (Fsp3) is 0. The number of hydrogen-bond acceptors (Lipinski definition) is 4. The van der Waals surface area contributed by atoms with E-state index in [1.54, 1.807) is 41.2 Å². The number of rotatable bonds is 2. The molecule has 0 amide bonds. The standard InChI is InChI=1S/C17H11BrFN5O/c18-12-7-10(8-22-17(12)25)14-13(9-2-1-3-11(19)6-9)23-15(20)16-21-4-5-24(14)16/h1-8H,(H2,20,23)(H,22,25). The summed E-state index contributed by atoms with van der Waals surface area (Å²) in [5, 5.41) is 0. The maximum Gasteiger partial charge on any atom is 0.262 e. The molecule has 0 bridgehead atoms. The number of imidazole rings is 1. The number of fused-ring (bicyclic) bond motifs is 1. The molecule has 3 N–H and O–H groups in total. The molecule has 0 saturated heterocycles. The van der Waals surface area contributed by atoms with Gasteiger partial charge in [-0.3, -0.25) is 9.20 Å². The zero-order valence-corrected chi connectivity index (χ0v) is 14.3.